The minimum absolute atomic E-state index is 0.164. The molecule has 0 heterocycles. The first kappa shape index (κ1) is 11.9. The molecule has 0 unspecified atom stereocenters. The summed E-state index contributed by atoms with van der Waals surface area (Å²) >= 11 is 0. The zero-order chi connectivity index (χ0) is 11.4. The predicted octanol–water partition coefficient (Wildman–Crippen LogP) is 2.52. The van der Waals surface area contributed by atoms with Gasteiger partial charge in [0.1, 0.15) is 0 Å². The Hall–Kier alpha value is -1.15. The number of hydrogen-bond acceptors (Lipinski definition) is 2. The van der Waals surface area contributed by atoms with Crippen molar-refractivity contribution in [2.24, 2.45) is 0 Å². The quantitative estimate of drug-likeness (QED) is 0.765. The average molecular weight is 205 g/mol. The average Bonchev–Trinajstić information content (AvgIpc) is 2.18. The van der Waals surface area contributed by atoms with Gasteiger partial charge in [0.25, 0.3) is 0 Å². The van der Waals surface area contributed by atoms with E-state index in [1.807, 2.05) is 19.1 Å². The third kappa shape index (κ3) is 2.90. The number of rotatable bonds is 4. The van der Waals surface area contributed by atoms with Crippen LogP contribution in [0.4, 0.5) is 0 Å². The molecule has 0 atom stereocenters. The Labute approximate surface area is 91.7 Å². The van der Waals surface area contributed by atoms with Crippen LogP contribution in [0.15, 0.2) is 18.2 Å². The molecule has 1 N–H and O–H groups in total. The Morgan fingerprint density at radius 3 is 2.60 bits per heavy atom. The van der Waals surface area contributed by atoms with E-state index in [9.17, 15) is 4.79 Å². The predicted molar refractivity (Wildman–Crippen MR) is 63.5 cm³/mol. The number of Topliss-reactive ketones (excluding diaryl/α,β-unsaturated/α-hetero) is 1. The molecule has 0 aromatic heterocycles. The summed E-state index contributed by atoms with van der Waals surface area (Å²) in [6.45, 7) is 6.66. The Balaban J connectivity index is 3.05. The Morgan fingerprint density at radius 2 is 2.07 bits per heavy atom. The maximum absolute atomic E-state index is 11.8. The molecule has 0 saturated heterocycles. The summed E-state index contributed by atoms with van der Waals surface area (Å²) in [5, 5.41) is 2.89. The van der Waals surface area contributed by atoms with E-state index < -0.39 is 0 Å². The van der Waals surface area contributed by atoms with Crippen LogP contribution in [-0.2, 0) is 0 Å². The lowest BCUT2D eigenvalue weighted by Gasteiger charge is -2.10. The van der Waals surface area contributed by atoms with Gasteiger partial charge < -0.3 is 5.32 Å². The van der Waals surface area contributed by atoms with Crippen LogP contribution in [0.5, 0.6) is 0 Å². The molecule has 1 aromatic carbocycles. The van der Waals surface area contributed by atoms with E-state index in [4.69, 9.17) is 0 Å². The normalized spacial score (nSPS) is 10.7. The van der Waals surface area contributed by atoms with Crippen LogP contribution < -0.4 is 5.32 Å². The summed E-state index contributed by atoms with van der Waals surface area (Å²) in [5.74, 6) is 0.629. The van der Waals surface area contributed by atoms with Crippen LogP contribution in [0.25, 0.3) is 0 Å². The van der Waals surface area contributed by atoms with Crippen molar-refractivity contribution in [1.29, 1.82) is 0 Å². The van der Waals surface area contributed by atoms with E-state index in [2.05, 4.69) is 25.2 Å². The van der Waals surface area contributed by atoms with Crippen molar-refractivity contribution in [3.8, 4) is 0 Å². The van der Waals surface area contributed by atoms with Gasteiger partial charge >= 0.3 is 0 Å². The van der Waals surface area contributed by atoms with E-state index in [0.717, 1.165) is 11.1 Å². The van der Waals surface area contributed by atoms with Crippen molar-refractivity contribution >= 4 is 5.78 Å². The molecular formula is C13H19NO. The summed E-state index contributed by atoms with van der Waals surface area (Å²) in [7, 11) is 1.79. The number of benzene rings is 1. The highest BCUT2D eigenvalue weighted by atomic mass is 16.1. The SMILES string of the molecule is CNCC(=O)c1cc(C(C)C)ccc1C. The monoisotopic (exact) mass is 205 g/mol. The van der Waals surface area contributed by atoms with E-state index in [-0.39, 0.29) is 5.78 Å². The second-order valence-corrected chi connectivity index (χ2v) is 4.18. The van der Waals surface area contributed by atoms with Gasteiger partial charge in [0.05, 0.1) is 6.54 Å². The molecule has 0 spiro atoms. The Bertz CT molecular complexity index is 356. The minimum Gasteiger partial charge on any atom is -0.313 e. The van der Waals surface area contributed by atoms with Gasteiger partial charge in [-0.2, -0.15) is 0 Å². The van der Waals surface area contributed by atoms with Crippen LogP contribution in [-0.4, -0.2) is 19.4 Å². The fraction of sp³-hybridized carbons (Fsp3) is 0.462. The first-order valence-corrected chi connectivity index (χ1v) is 5.34. The molecule has 82 valence electrons. The minimum atomic E-state index is 0.164. The van der Waals surface area contributed by atoms with Crippen molar-refractivity contribution < 1.29 is 4.79 Å². The molecule has 0 aliphatic heterocycles. The summed E-state index contributed by atoms with van der Waals surface area (Å²) in [6, 6.07) is 6.13. The molecule has 1 aromatic rings. The maximum Gasteiger partial charge on any atom is 0.176 e. The van der Waals surface area contributed by atoms with Gasteiger partial charge in [-0.25, -0.2) is 0 Å². The molecule has 0 aliphatic rings. The van der Waals surface area contributed by atoms with Crippen LogP contribution in [0.2, 0.25) is 0 Å². The van der Waals surface area contributed by atoms with Gasteiger partial charge in [-0.05, 0) is 37.1 Å². The van der Waals surface area contributed by atoms with Gasteiger partial charge in [0.2, 0.25) is 0 Å². The third-order valence-corrected chi connectivity index (χ3v) is 2.57. The fourth-order valence-electron chi connectivity index (χ4n) is 1.55. The molecule has 0 amide bonds. The molecule has 0 bridgehead atoms. The molecular weight excluding hydrogens is 186 g/mol. The van der Waals surface area contributed by atoms with Gasteiger partial charge in [-0.15, -0.1) is 0 Å². The smallest absolute Gasteiger partial charge is 0.176 e. The number of likely N-dealkylation sites (N-methyl/N-ethyl adjacent to an activating group) is 1. The van der Waals surface area contributed by atoms with Crippen LogP contribution >= 0.6 is 0 Å². The molecule has 2 nitrogen and oxygen atoms in total. The van der Waals surface area contributed by atoms with Crippen molar-refractivity contribution in [3.63, 3.8) is 0 Å². The molecule has 2 heteroatoms. The molecule has 0 aliphatic carbocycles. The topological polar surface area (TPSA) is 29.1 Å². The zero-order valence-electron chi connectivity index (χ0n) is 9.92. The van der Waals surface area contributed by atoms with E-state index >= 15 is 0 Å². The van der Waals surface area contributed by atoms with Crippen molar-refractivity contribution in [2.75, 3.05) is 13.6 Å². The van der Waals surface area contributed by atoms with Gasteiger partial charge in [-0.1, -0.05) is 26.0 Å². The number of hydrogen-bond donors (Lipinski definition) is 1. The molecule has 0 fully saturated rings. The maximum atomic E-state index is 11.8. The lowest BCUT2D eigenvalue weighted by molar-refractivity contribution is 0.0993. The number of carbonyl (C=O) groups excluding carboxylic acids is 1. The number of ketones is 1. The second-order valence-electron chi connectivity index (χ2n) is 4.18. The lowest BCUT2D eigenvalue weighted by Crippen LogP contribution is -2.19. The van der Waals surface area contributed by atoms with Crippen molar-refractivity contribution in [2.45, 2.75) is 26.7 Å². The third-order valence-electron chi connectivity index (χ3n) is 2.57. The highest BCUT2D eigenvalue weighted by molar-refractivity contribution is 5.99. The van der Waals surface area contributed by atoms with Crippen molar-refractivity contribution in [1.82, 2.24) is 5.32 Å². The molecule has 0 saturated carbocycles. The molecule has 0 radical (unpaired) electrons. The fourth-order valence-corrected chi connectivity index (χ4v) is 1.55. The van der Waals surface area contributed by atoms with E-state index in [0.29, 0.717) is 12.5 Å². The molecule has 15 heavy (non-hydrogen) atoms. The largest absolute Gasteiger partial charge is 0.313 e. The van der Waals surface area contributed by atoms with Gasteiger partial charge in [0.15, 0.2) is 5.78 Å². The zero-order valence-corrected chi connectivity index (χ0v) is 9.92. The summed E-state index contributed by atoms with van der Waals surface area (Å²) in [5.41, 5.74) is 3.12. The number of nitrogens with one attached hydrogen (secondary N) is 1. The number of aryl methyl sites for hydroxylation is 1. The Kier molecular flexibility index (Phi) is 4.04. The highest BCUT2D eigenvalue weighted by Crippen LogP contribution is 2.18. The van der Waals surface area contributed by atoms with E-state index in [1.165, 1.54) is 5.56 Å². The van der Waals surface area contributed by atoms with Crippen LogP contribution in [0.3, 0.4) is 0 Å². The summed E-state index contributed by atoms with van der Waals surface area (Å²) in [4.78, 5) is 11.8. The second kappa shape index (κ2) is 5.08. The molecule has 1 rings (SSSR count). The first-order chi connectivity index (χ1) is 7.06. The van der Waals surface area contributed by atoms with Gasteiger partial charge in [0, 0.05) is 5.56 Å². The van der Waals surface area contributed by atoms with E-state index in [1.54, 1.807) is 7.05 Å². The summed E-state index contributed by atoms with van der Waals surface area (Å²) in [6.07, 6.45) is 0. The number of carbonyl (C=O) groups is 1. The van der Waals surface area contributed by atoms with Crippen LogP contribution in [0.1, 0.15) is 41.3 Å². The highest BCUT2D eigenvalue weighted by Gasteiger charge is 2.10. The summed E-state index contributed by atoms with van der Waals surface area (Å²) < 4.78 is 0. The van der Waals surface area contributed by atoms with Crippen LogP contribution in [0, 0.1) is 6.92 Å². The first-order valence-electron chi connectivity index (χ1n) is 5.34. The van der Waals surface area contributed by atoms with Gasteiger partial charge in [-0.3, -0.25) is 4.79 Å². The Morgan fingerprint density at radius 1 is 1.40 bits per heavy atom. The van der Waals surface area contributed by atoms with Crippen molar-refractivity contribution in [3.05, 3.63) is 34.9 Å². The standard InChI is InChI=1S/C13H19NO/c1-9(2)11-6-5-10(3)12(7-11)13(15)8-14-4/h5-7,9,14H,8H2,1-4H3. The lowest BCUT2D eigenvalue weighted by atomic mass is 9.96.